The Morgan fingerprint density at radius 3 is 1.98 bits per heavy atom. The van der Waals surface area contributed by atoms with Crippen molar-refractivity contribution in [1.82, 2.24) is 10.2 Å². The van der Waals surface area contributed by atoms with Crippen LogP contribution in [-0.2, 0) is 26.2 Å². The van der Waals surface area contributed by atoms with E-state index in [4.69, 9.17) is 9.47 Å². The van der Waals surface area contributed by atoms with Crippen molar-refractivity contribution in [2.75, 3.05) is 25.1 Å². The molecule has 0 saturated heterocycles. The number of anilines is 1. The number of nitrogens with zero attached hydrogens (tertiary/aromatic N) is 2. The van der Waals surface area contributed by atoms with Gasteiger partial charge in [-0.25, -0.2) is 8.42 Å². The second kappa shape index (κ2) is 14.4. The highest BCUT2D eigenvalue weighted by Gasteiger charge is 2.33. The molecule has 9 nitrogen and oxygen atoms in total. The van der Waals surface area contributed by atoms with Crippen molar-refractivity contribution in [2.45, 2.75) is 69.5 Å². The third-order valence-corrected chi connectivity index (χ3v) is 9.67. The van der Waals surface area contributed by atoms with Gasteiger partial charge in [-0.1, -0.05) is 49.1 Å². The first-order valence-corrected chi connectivity index (χ1v) is 16.0. The fraction of sp³-hybridized carbons (Fsp3) is 0.394. The SMILES string of the molecule is COc1ccc(CN(C(=O)CN(c2ccc(C)cc2)S(=O)(=O)c2ccc(OC)cc2)C(C)C(=O)NC2CCCCC2)cc1. The minimum atomic E-state index is -4.16. The maximum atomic E-state index is 14.1. The van der Waals surface area contributed by atoms with Gasteiger partial charge in [0, 0.05) is 12.6 Å². The van der Waals surface area contributed by atoms with Gasteiger partial charge < -0.3 is 19.7 Å². The third kappa shape index (κ3) is 8.07. The summed E-state index contributed by atoms with van der Waals surface area (Å²) in [4.78, 5) is 29.1. The van der Waals surface area contributed by atoms with Gasteiger partial charge in [0.1, 0.15) is 24.1 Å². The van der Waals surface area contributed by atoms with Gasteiger partial charge in [0.15, 0.2) is 0 Å². The van der Waals surface area contributed by atoms with Crippen LogP contribution < -0.4 is 19.1 Å². The molecule has 1 fully saturated rings. The van der Waals surface area contributed by atoms with Crippen molar-refractivity contribution >= 4 is 27.5 Å². The molecule has 43 heavy (non-hydrogen) atoms. The Bertz CT molecular complexity index is 1470. The summed E-state index contributed by atoms with van der Waals surface area (Å²) in [6, 6.07) is 19.5. The molecule has 1 aliphatic rings. The van der Waals surface area contributed by atoms with Crippen LogP contribution in [0.4, 0.5) is 5.69 Å². The quantitative estimate of drug-likeness (QED) is 0.308. The van der Waals surface area contributed by atoms with Gasteiger partial charge in [-0.05, 0) is 80.8 Å². The number of amides is 2. The summed E-state index contributed by atoms with van der Waals surface area (Å²) < 4.78 is 39.5. The molecule has 1 saturated carbocycles. The van der Waals surface area contributed by atoms with Gasteiger partial charge in [0.05, 0.1) is 24.8 Å². The molecule has 3 aromatic carbocycles. The summed E-state index contributed by atoms with van der Waals surface area (Å²) in [7, 11) is -1.08. The number of sulfonamides is 1. The minimum absolute atomic E-state index is 0.0199. The van der Waals surface area contributed by atoms with Crippen molar-refractivity contribution in [3.05, 3.63) is 83.9 Å². The lowest BCUT2D eigenvalue weighted by atomic mass is 9.95. The molecule has 1 atom stereocenters. The van der Waals surface area contributed by atoms with Gasteiger partial charge in [-0.2, -0.15) is 0 Å². The van der Waals surface area contributed by atoms with E-state index in [1.54, 1.807) is 62.6 Å². The summed E-state index contributed by atoms with van der Waals surface area (Å²) in [5, 5.41) is 3.12. The Balaban J connectivity index is 1.67. The highest BCUT2D eigenvalue weighted by atomic mass is 32.2. The van der Waals surface area contributed by atoms with Crippen molar-refractivity contribution in [1.29, 1.82) is 0 Å². The summed E-state index contributed by atoms with van der Waals surface area (Å²) in [6.45, 7) is 3.22. The van der Waals surface area contributed by atoms with Crippen molar-refractivity contribution in [2.24, 2.45) is 0 Å². The number of benzene rings is 3. The van der Waals surface area contributed by atoms with Crippen LogP contribution in [0.5, 0.6) is 11.5 Å². The Morgan fingerprint density at radius 2 is 1.42 bits per heavy atom. The number of carbonyl (C=O) groups excluding carboxylic acids is 2. The van der Waals surface area contributed by atoms with E-state index in [9.17, 15) is 18.0 Å². The number of methoxy groups -OCH3 is 2. The third-order valence-electron chi connectivity index (χ3n) is 7.88. The molecule has 0 aromatic heterocycles. The topological polar surface area (TPSA) is 105 Å². The van der Waals surface area contributed by atoms with Gasteiger partial charge in [0.25, 0.3) is 10.0 Å². The van der Waals surface area contributed by atoms with E-state index in [0.29, 0.717) is 17.2 Å². The van der Waals surface area contributed by atoms with Crippen LogP contribution in [0, 0.1) is 6.92 Å². The molecular formula is C33H41N3O6S. The maximum Gasteiger partial charge on any atom is 0.264 e. The molecule has 1 N–H and O–H groups in total. The van der Waals surface area contributed by atoms with E-state index in [2.05, 4.69) is 5.32 Å². The second-order valence-electron chi connectivity index (χ2n) is 10.9. The zero-order chi connectivity index (χ0) is 31.0. The number of hydrogen-bond acceptors (Lipinski definition) is 6. The Morgan fingerprint density at radius 1 is 0.860 bits per heavy atom. The van der Waals surface area contributed by atoms with Gasteiger partial charge in [0.2, 0.25) is 11.8 Å². The van der Waals surface area contributed by atoms with Crippen LogP contribution in [0.25, 0.3) is 0 Å². The molecular weight excluding hydrogens is 566 g/mol. The smallest absolute Gasteiger partial charge is 0.264 e. The molecule has 0 heterocycles. The van der Waals surface area contributed by atoms with Gasteiger partial charge in [-0.15, -0.1) is 0 Å². The molecule has 4 rings (SSSR count). The zero-order valence-corrected chi connectivity index (χ0v) is 26.1. The summed E-state index contributed by atoms with van der Waals surface area (Å²) in [6.07, 6.45) is 5.09. The van der Waals surface area contributed by atoms with E-state index >= 15 is 0 Å². The molecule has 1 aliphatic carbocycles. The lowest BCUT2D eigenvalue weighted by Crippen LogP contribution is -2.53. The number of carbonyl (C=O) groups is 2. The summed E-state index contributed by atoms with van der Waals surface area (Å²) in [5.41, 5.74) is 2.08. The predicted molar refractivity (Wildman–Crippen MR) is 167 cm³/mol. The maximum absolute atomic E-state index is 14.1. The van der Waals surface area contributed by atoms with Crippen LogP contribution in [0.2, 0.25) is 0 Å². The number of ether oxygens (including phenoxy) is 2. The van der Waals surface area contributed by atoms with Gasteiger partial charge in [-0.3, -0.25) is 13.9 Å². The first kappa shape index (κ1) is 31.9. The summed E-state index contributed by atoms with van der Waals surface area (Å²) in [5.74, 6) is 0.426. The summed E-state index contributed by atoms with van der Waals surface area (Å²) >= 11 is 0. The van der Waals surface area contributed by atoms with Crippen molar-refractivity contribution in [3.63, 3.8) is 0 Å². The zero-order valence-electron chi connectivity index (χ0n) is 25.3. The van der Waals surface area contributed by atoms with E-state index in [1.165, 1.54) is 24.1 Å². The van der Waals surface area contributed by atoms with Crippen LogP contribution in [0.1, 0.15) is 50.2 Å². The average Bonchev–Trinajstić information content (AvgIpc) is 3.03. The van der Waals surface area contributed by atoms with E-state index in [-0.39, 0.29) is 23.4 Å². The molecule has 1 unspecified atom stereocenters. The first-order chi connectivity index (χ1) is 20.6. The van der Waals surface area contributed by atoms with E-state index in [1.807, 2.05) is 19.1 Å². The highest BCUT2D eigenvalue weighted by molar-refractivity contribution is 7.92. The number of aryl methyl sites for hydroxylation is 1. The van der Waals surface area contributed by atoms with E-state index < -0.39 is 28.5 Å². The standard InChI is InChI=1S/C33H41N3O6S/c1-24-10-14-28(15-11-24)36(43(39,40)31-20-18-30(42-4)19-21-31)23-32(37)35(22-26-12-16-29(41-3)17-13-26)25(2)33(38)34-27-8-6-5-7-9-27/h10-21,25,27H,5-9,22-23H2,1-4H3,(H,34,38). The molecule has 10 heteroatoms. The normalized spacial score (nSPS) is 14.4. The van der Waals surface area contributed by atoms with Gasteiger partial charge >= 0.3 is 0 Å². The van der Waals surface area contributed by atoms with E-state index in [0.717, 1.165) is 47.5 Å². The second-order valence-corrected chi connectivity index (χ2v) is 12.8. The molecule has 230 valence electrons. The Hall–Kier alpha value is -4.05. The average molecular weight is 608 g/mol. The van der Waals surface area contributed by atoms with Crippen LogP contribution >= 0.6 is 0 Å². The lowest BCUT2D eigenvalue weighted by molar-refractivity contribution is -0.139. The van der Waals surface area contributed by atoms with Crippen LogP contribution in [-0.4, -0.2) is 58.0 Å². The van der Waals surface area contributed by atoms with Crippen LogP contribution in [0.15, 0.2) is 77.7 Å². The fourth-order valence-electron chi connectivity index (χ4n) is 5.19. The fourth-order valence-corrected chi connectivity index (χ4v) is 6.61. The lowest BCUT2D eigenvalue weighted by Gasteiger charge is -2.33. The van der Waals surface area contributed by atoms with Crippen molar-refractivity contribution < 1.29 is 27.5 Å². The number of hydrogen-bond donors (Lipinski definition) is 1. The molecule has 0 spiro atoms. The van der Waals surface area contributed by atoms with Crippen molar-refractivity contribution in [3.8, 4) is 11.5 Å². The van der Waals surface area contributed by atoms with Crippen LogP contribution in [0.3, 0.4) is 0 Å². The first-order valence-electron chi connectivity index (χ1n) is 14.6. The Labute approximate surface area is 254 Å². The highest BCUT2D eigenvalue weighted by Crippen LogP contribution is 2.27. The number of rotatable bonds is 12. The Kier molecular flexibility index (Phi) is 10.7. The monoisotopic (exact) mass is 607 g/mol. The number of nitrogens with one attached hydrogen (secondary N) is 1. The molecule has 0 aliphatic heterocycles. The molecule has 3 aromatic rings. The predicted octanol–water partition coefficient (Wildman–Crippen LogP) is 5.07. The molecule has 2 amide bonds. The largest absolute Gasteiger partial charge is 0.497 e. The molecule has 0 bridgehead atoms. The minimum Gasteiger partial charge on any atom is -0.497 e. The molecule has 0 radical (unpaired) electrons.